The lowest BCUT2D eigenvalue weighted by atomic mass is 10.2. The Morgan fingerprint density at radius 1 is 1.25 bits per heavy atom. The molecule has 2 heterocycles. The maximum Gasteiger partial charge on any atom is 0.223 e. The molecule has 0 unspecified atom stereocenters. The van der Waals surface area contributed by atoms with Gasteiger partial charge in [-0.3, -0.25) is 4.79 Å². The minimum atomic E-state index is -0.343. The molecule has 0 atom stereocenters. The second-order valence-electron chi connectivity index (χ2n) is 5.91. The summed E-state index contributed by atoms with van der Waals surface area (Å²) in [6.07, 6.45) is 2.31. The van der Waals surface area contributed by atoms with Crippen LogP contribution in [0.2, 0.25) is 0 Å². The molecule has 1 saturated heterocycles. The number of nitrogens with zero attached hydrogens (tertiary/aromatic N) is 3. The molecule has 1 aliphatic rings. The molecule has 0 spiro atoms. The number of piperazine rings is 1. The van der Waals surface area contributed by atoms with Gasteiger partial charge in [0.05, 0.1) is 11.8 Å². The Morgan fingerprint density at radius 2 is 2.00 bits per heavy atom. The summed E-state index contributed by atoms with van der Waals surface area (Å²) < 4.78 is 19.3. The molecular weight excluding hydrogens is 309 g/mol. The lowest BCUT2D eigenvalue weighted by Gasteiger charge is -2.34. The van der Waals surface area contributed by atoms with Crippen LogP contribution in [0.4, 0.5) is 4.39 Å². The molecule has 6 heteroatoms. The third-order valence-corrected chi connectivity index (χ3v) is 4.42. The van der Waals surface area contributed by atoms with Crippen LogP contribution in [0.1, 0.15) is 19.2 Å². The molecule has 1 aliphatic heterocycles. The lowest BCUT2D eigenvalue weighted by molar-refractivity contribution is -0.132. The second-order valence-corrected chi connectivity index (χ2v) is 5.91. The van der Waals surface area contributed by atoms with Crippen molar-refractivity contribution in [2.75, 3.05) is 32.7 Å². The van der Waals surface area contributed by atoms with E-state index < -0.39 is 0 Å². The topological polar surface area (TPSA) is 49.6 Å². The number of benzene rings is 1. The van der Waals surface area contributed by atoms with Crippen molar-refractivity contribution in [3.8, 4) is 11.3 Å². The summed E-state index contributed by atoms with van der Waals surface area (Å²) >= 11 is 0. The van der Waals surface area contributed by atoms with Crippen molar-refractivity contribution in [3.63, 3.8) is 0 Å². The van der Waals surface area contributed by atoms with Crippen LogP contribution in [0.3, 0.4) is 0 Å². The van der Waals surface area contributed by atoms with Crippen molar-refractivity contribution in [2.45, 2.75) is 19.8 Å². The minimum absolute atomic E-state index is 0.122. The van der Waals surface area contributed by atoms with E-state index in [1.54, 1.807) is 18.2 Å². The van der Waals surface area contributed by atoms with Crippen LogP contribution in [-0.2, 0) is 11.2 Å². The molecule has 1 aromatic carbocycles. The molecule has 3 rings (SSSR count). The third kappa shape index (κ3) is 3.82. The van der Waals surface area contributed by atoms with Gasteiger partial charge in [-0.25, -0.2) is 9.37 Å². The number of aromatic nitrogens is 1. The molecule has 0 bridgehead atoms. The summed E-state index contributed by atoms with van der Waals surface area (Å²) in [5.74, 6) is 0.641. The number of carbonyl (C=O) groups is 1. The van der Waals surface area contributed by atoms with Gasteiger partial charge >= 0.3 is 0 Å². The van der Waals surface area contributed by atoms with E-state index in [0.717, 1.165) is 32.7 Å². The first kappa shape index (κ1) is 16.6. The van der Waals surface area contributed by atoms with E-state index in [2.05, 4.69) is 16.8 Å². The van der Waals surface area contributed by atoms with Gasteiger partial charge in [0.15, 0.2) is 11.7 Å². The van der Waals surface area contributed by atoms with Gasteiger partial charge in [-0.15, -0.1) is 0 Å². The highest BCUT2D eigenvalue weighted by molar-refractivity contribution is 5.76. The molecule has 1 amide bonds. The van der Waals surface area contributed by atoms with Gasteiger partial charge in [-0.1, -0.05) is 19.1 Å². The first-order valence-electron chi connectivity index (χ1n) is 8.37. The summed E-state index contributed by atoms with van der Waals surface area (Å²) in [4.78, 5) is 20.7. The molecule has 5 nitrogen and oxygen atoms in total. The molecule has 0 N–H and O–H groups in total. The minimum Gasteiger partial charge on any atom is -0.441 e. The zero-order valence-electron chi connectivity index (χ0n) is 13.9. The Labute approximate surface area is 141 Å². The van der Waals surface area contributed by atoms with E-state index in [-0.39, 0.29) is 11.7 Å². The summed E-state index contributed by atoms with van der Waals surface area (Å²) in [5.41, 5.74) is 0.387. The first-order valence-corrected chi connectivity index (χ1v) is 8.37. The number of halogens is 1. The van der Waals surface area contributed by atoms with Crippen LogP contribution < -0.4 is 0 Å². The highest BCUT2D eigenvalue weighted by atomic mass is 19.1. The summed E-state index contributed by atoms with van der Waals surface area (Å²) in [7, 11) is 0. The predicted molar refractivity (Wildman–Crippen MR) is 88.9 cm³/mol. The van der Waals surface area contributed by atoms with Crippen LogP contribution in [0.15, 0.2) is 34.9 Å². The fourth-order valence-electron chi connectivity index (χ4n) is 2.90. The predicted octanol–water partition coefficient (Wildman–Crippen LogP) is 2.58. The summed E-state index contributed by atoms with van der Waals surface area (Å²) in [6, 6.07) is 6.42. The SMILES string of the molecule is CCN1CCN(C(=O)CCc2ncc(-c3ccccc3F)o2)CC1. The Bertz CT molecular complexity index is 693. The quantitative estimate of drug-likeness (QED) is 0.845. The van der Waals surface area contributed by atoms with E-state index in [4.69, 9.17) is 4.42 Å². The number of aryl methyl sites for hydroxylation is 1. The molecule has 0 saturated carbocycles. The van der Waals surface area contributed by atoms with Crippen molar-refractivity contribution < 1.29 is 13.6 Å². The maximum absolute atomic E-state index is 13.7. The smallest absolute Gasteiger partial charge is 0.223 e. The van der Waals surface area contributed by atoms with E-state index >= 15 is 0 Å². The number of hydrogen-bond donors (Lipinski definition) is 0. The summed E-state index contributed by atoms with van der Waals surface area (Å²) in [6.45, 7) is 6.57. The number of rotatable bonds is 5. The number of oxazole rings is 1. The second kappa shape index (κ2) is 7.57. The number of amides is 1. The Kier molecular flexibility index (Phi) is 5.25. The van der Waals surface area contributed by atoms with E-state index in [0.29, 0.717) is 30.1 Å². The third-order valence-electron chi connectivity index (χ3n) is 4.42. The largest absolute Gasteiger partial charge is 0.441 e. The molecule has 1 fully saturated rings. The fourth-order valence-corrected chi connectivity index (χ4v) is 2.90. The zero-order chi connectivity index (χ0) is 16.9. The Morgan fingerprint density at radius 3 is 2.71 bits per heavy atom. The highest BCUT2D eigenvalue weighted by Crippen LogP contribution is 2.23. The molecule has 0 aliphatic carbocycles. The summed E-state index contributed by atoms with van der Waals surface area (Å²) in [5, 5.41) is 0. The molecule has 24 heavy (non-hydrogen) atoms. The molecule has 1 aromatic heterocycles. The average molecular weight is 331 g/mol. The van der Waals surface area contributed by atoms with Crippen LogP contribution in [0, 0.1) is 5.82 Å². The van der Waals surface area contributed by atoms with Gasteiger partial charge in [-0.2, -0.15) is 0 Å². The van der Waals surface area contributed by atoms with Crippen LogP contribution in [0.25, 0.3) is 11.3 Å². The molecule has 128 valence electrons. The van der Waals surface area contributed by atoms with Crippen molar-refractivity contribution in [2.24, 2.45) is 0 Å². The normalized spacial score (nSPS) is 15.7. The number of hydrogen-bond acceptors (Lipinski definition) is 4. The Balaban J connectivity index is 1.54. The van der Waals surface area contributed by atoms with Crippen molar-refractivity contribution in [1.82, 2.24) is 14.8 Å². The lowest BCUT2D eigenvalue weighted by Crippen LogP contribution is -2.48. The van der Waals surface area contributed by atoms with Crippen LogP contribution in [0.5, 0.6) is 0 Å². The number of carbonyl (C=O) groups excluding carboxylic acids is 1. The van der Waals surface area contributed by atoms with Gasteiger partial charge in [0, 0.05) is 39.0 Å². The monoisotopic (exact) mass is 331 g/mol. The van der Waals surface area contributed by atoms with Crippen molar-refractivity contribution in [1.29, 1.82) is 0 Å². The molecule has 2 aromatic rings. The highest BCUT2D eigenvalue weighted by Gasteiger charge is 2.20. The van der Waals surface area contributed by atoms with Crippen molar-refractivity contribution >= 4 is 5.91 Å². The first-order chi connectivity index (χ1) is 11.7. The van der Waals surface area contributed by atoms with Crippen LogP contribution in [-0.4, -0.2) is 53.4 Å². The van der Waals surface area contributed by atoms with E-state index in [1.807, 2.05) is 4.90 Å². The molecular formula is C18H22FN3O2. The van der Waals surface area contributed by atoms with E-state index in [1.165, 1.54) is 12.3 Å². The number of likely N-dealkylation sites (N-methyl/N-ethyl adjacent to an activating group) is 1. The Hall–Kier alpha value is -2.21. The van der Waals surface area contributed by atoms with Gasteiger partial charge in [-0.05, 0) is 18.7 Å². The van der Waals surface area contributed by atoms with Gasteiger partial charge < -0.3 is 14.2 Å². The van der Waals surface area contributed by atoms with Gasteiger partial charge in [0.25, 0.3) is 0 Å². The van der Waals surface area contributed by atoms with Crippen LogP contribution >= 0.6 is 0 Å². The van der Waals surface area contributed by atoms with Gasteiger partial charge in [0.1, 0.15) is 5.82 Å². The standard InChI is InChI=1S/C18H22FN3O2/c1-2-21-9-11-22(12-10-21)18(23)8-7-17-20-13-16(24-17)14-5-3-4-6-15(14)19/h3-6,13H,2,7-12H2,1H3. The van der Waals surface area contributed by atoms with Crippen molar-refractivity contribution in [3.05, 3.63) is 42.2 Å². The average Bonchev–Trinajstić information content (AvgIpc) is 3.09. The van der Waals surface area contributed by atoms with Gasteiger partial charge in [0.2, 0.25) is 5.91 Å². The molecule has 0 radical (unpaired) electrons. The fraction of sp³-hybridized carbons (Fsp3) is 0.444. The maximum atomic E-state index is 13.7. The zero-order valence-corrected chi connectivity index (χ0v) is 13.9. The van der Waals surface area contributed by atoms with E-state index in [9.17, 15) is 9.18 Å².